The molecule has 1 atom stereocenters. The number of carbonyl (C=O) groups excluding carboxylic acids is 1. The molecule has 1 aromatic carbocycles. The number of rotatable bonds is 6. The Morgan fingerprint density at radius 3 is 2.86 bits per heavy atom. The van der Waals surface area contributed by atoms with Gasteiger partial charge in [0.15, 0.2) is 0 Å². The maximum atomic E-state index is 12.9. The lowest BCUT2D eigenvalue weighted by molar-refractivity contribution is 0.178. The van der Waals surface area contributed by atoms with Crippen LogP contribution in [0.1, 0.15) is 49.9 Å². The van der Waals surface area contributed by atoms with Gasteiger partial charge in [-0.25, -0.2) is 4.79 Å². The number of carbonyl (C=O) groups is 1. The molecule has 0 saturated carbocycles. The second-order valence-electron chi connectivity index (χ2n) is 9.55. The molecule has 1 saturated heterocycles. The summed E-state index contributed by atoms with van der Waals surface area (Å²) in [7, 11) is -0.775. The van der Waals surface area contributed by atoms with Crippen molar-refractivity contribution in [1.82, 2.24) is 19.1 Å². The van der Waals surface area contributed by atoms with Gasteiger partial charge in [0.2, 0.25) is 0 Å². The molecule has 9 nitrogen and oxygen atoms in total. The number of nitrogens with zero attached hydrogens (tertiary/aromatic N) is 3. The zero-order valence-electron chi connectivity index (χ0n) is 20.4. The second-order valence-corrected chi connectivity index (χ2v) is 10.4. The molecule has 3 heterocycles. The number of aromatic nitrogens is 3. The summed E-state index contributed by atoms with van der Waals surface area (Å²) in [6, 6.07) is 9.12. The minimum atomic E-state index is -0.775. The Morgan fingerprint density at radius 1 is 1.25 bits per heavy atom. The SMILES string of the molecule is CC(C)n1ccc(SNC(=O)Nc2c(-c3ccc(=O)n(C4CCB(O)OC4)c3)ccc3c2CCC3)n1. The summed E-state index contributed by atoms with van der Waals surface area (Å²) in [6.07, 6.45) is 7.78. The van der Waals surface area contributed by atoms with Crippen molar-refractivity contribution >= 4 is 30.8 Å². The van der Waals surface area contributed by atoms with E-state index < -0.39 is 7.12 Å². The molecule has 3 aromatic rings. The lowest BCUT2D eigenvalue weighted by Crippen LogP contribution is -2.34. The van der Waals surface area contributed by atoms with E-state index in [9.17, 15) is 14.6 Å². The van der Waals surface area contributed by atoms with Crippen molar-refractivity contribution in [3.05, 3.63) is 64.2 Å². The molecule has 188 valence electrons. The summed E-state index contributed by atoms with van der Waals surface area (Å²) < 4.78 is 11.7. The summed E-state index contributed by atoms with van der Waals surface area (Å²) >= 11 is 1.17. The summed E-state index contributed by atoms with van der Waals surface area (Å²) in [5.41, 5.74) is 4.74. The average Bonchev–Trinajstić information content (AvgIpc) is 3.54. The van der Waals surface area contributed by atoms with Crippen LogP contribution in [-0.2, 0) is 17.5 Å². The standard InChI is InChI=1S/C25H30BN5O4S/c1-16(2)31-13-11-22(28-31)36-29-25(33)27-24-20-5-3-4-17(20)6-8-21(24)18-7-9-23(32)30(14-18)19-10-12-26(34)35-15-19/h6-9,11,13-14,16,19,34H,3-5,10,12,15H2,1-2H3,(H2,27,29,33). The molecule has 3 N–H and O–H groups in total. The Bertz CT molecular complexity index is 1320. The first-order chi connectivity index (χ1) is 17.4. The Balaban J connectivity index is 1.40. The number of pyridine rings is 1. The summed E-state index contributed by atoms with van der Waals surface area (Å²) in [5.74, 6) is 0. The Hall–Kier alpha value is -3.02. The van der Waals surface area contributed by atoms with Crippen molar-refractivity contribution < 1.29 is 14.5 Å². The molecule has 36 heavy (non-hydrogen) atoms. The highest BCUT2D eigenvalue weighted by Crippen LogP contribution is 2.37. The number of aryl methyl sites for hydroxylation is 1. The number of hydrogen-bond donors (Lipinski definition) is 3. The number of urea groups is 1. The maximum absolute atomic E-state index is 12.9. The summed E-state index contributed by atoms with van der Waals surface area (Å²) in [5, 5.41) is 17.9. The van der Waals surface area contributed by atoms with Crippen LogP contribution in [0, 0.1) is 0 Å². The number of hydrogen-bond acceptors (Lipinski definition) is 6. The molecule has 0 radical (unpaired) electrons. The lowest BCUT2D eigenvalue weighted by Gasteiger charge is -2.26. The van der Waals surface area contributed by atoms with Gasteiger partial charge in [0.1, 0.15) is 5.03 Å². The maximum Gasteiger partial charge on any atom is 0.454 e. The van der Waals surface area contributed by atoms with Crippen LogP contribution in [0.2, 0.25) is 6.32 Å². The molecule has 2 aliphatic rings. The van der Waals surface area contributed by atoms with Crippen LogP contribution in [0.5, 0.6) is 0 Å². The summed E-state index contributed by atoms with van der Waals surface area (Å²) in [4.78, 5) is 25.6. The molecule has 5 rings (SSSR count). The fraction of sp³-hybridized carbons (Fsp3) is 0.400. The quantitative estimate of drug-likeness (QED) is 0.343. The van der Waals surface area contributed by atoms with Gasteiger partial charge in [-0.2, -0.15) is 5.10 Å². The highest BCUT2D eigenvalue weighted by molar-refractivity contribution is 7.97. The van der Waals surface area contributed by atoms with E-state index in [-0.39, 0.29) is 30.3 Å². The molecule has 1 aliphatic carbocycles. The van der Waals surface area contributed by atoms with Gasteiger partial charge >= 0.3 is 13.1 Å². The Morgan fingerprint density at radius 2 is 2.11 bits per heavy atom. The predicted octanol–water partition coefficient (Wildman–Crippen LogP) is 4.05. The van der Waals surface area contributed by atoms with Crippen molar-refractivity contribution in [2.24, 2.45) is 0 Å². The van der Waals surface area contributed by atoms with Crippen LogP contribution in [0.15, 0.2) is 52.5 Å². The first kappa shape index (κ1) is 24.7. The van der Waals surface area contributed by atoms with Crippen LogP contribution < -0.4 is 15.6 Å². The molecule has 0 spiro atoms. The first-order valence-corrected chi connectivity index (χ1v) is 13.2. The molecule has 2 amide bonds. The van der Waals surface area contributed by atoms with Gasteiger partial charge in [-0.15, -0.1) is 0 Å². The third-order valence-electron chi connectivity index (χ3n) is 6.75. The normalized spacial score (nSPS) is 17.3. The van der Waals surface area contributed by atoms with E-state index in [1.165, 1.54) is 17.5 Å². The van der Waals surface area contributed by atoms with E-state index >= 15 is 0 Å². The van der Waals surface area contributed by atoms with Gasteiger partial charge < -0.3 is 19.6 Å². The van der Waals surface area contributed by atoms with Gasteiger partial charge in [-0.05, 0) is 69.1 Å². The van der Waals surface area contributed by atoms with Crippen LogP contribution in [0.25, 0.3) is 11.1 Å². The van der Waals surface area contributed by atoms with Crippen LogP contribution in [0.3, 0.4) is 0 Å². The van der Waals surface area contributed by atoms with E-state index in [2.05, 4.69) is 21.2 Å². The van der Waals surface area contributed by atoms with E-state index in [1.807, 2.05) is 43.1 Å². The Labute approximate surface area is 214 Å². The molecular formula is C25H30BN5O4S. The van der Waals surface area contributed by atoms with Crippen molar-refractivity contribution in [3.63, 3.8) is 0 Å². The average molecular weight is 507 g/mol. The molecule has 1 fully saturated rings. The third-order valence-corrected chi connectivity index (χ3v) is 7.47. The van der Waals surface area contributed by atoms with Crippen molar-refractivity contribution in [3.8, 4) is 11.1 Å². The van der Waals surface area contributed by atoms with Crippen LogP contribution in [-0.4, -0.2) is 39.1 Å². The first-order valence-electron chi connectivity index (χ1n) is 12.3. The number of anilines is 1. The number of amides is 2. The van der Waals surface area contributed by atoms with E-state index in [0.29, 0.717) is 17.8 Å². The van der Waals surface area contributed by atoms with E-state index in [1.54, 1.807) is 16.7 Å². The molecule has 1 aliphatic heterocycles. The highest BCUT2D eigenvalue weighted by atomic mass is 32.2. The summed E-state index contributed by atoms with van der Waals surface area (Å²) in [6.45, 7) is 4.38. The largest absolute Gasteiger partial charge is 0.454 e. The second kappa shape index (κ2) is 10.5. The smallest absolute Gasteiger partial charge is 0.427 e. The zero-order valence-corrected chi connectivity index (χ0v) is 21.3. The van der Waals surface area contributed by atoms with Gasteiger partial charge in [0, 0.05) is 47.6 Å². The van der Waals surface area contributed by atoms with Gasteiger partial charge in [0.05, 0.1) is 18.3 Å². The van der Waals surface area contributed by atoms with Crippen LogP contribution >= 0.6 is 11.9 Å². The minimum absolute atomic E-state index is 0.116. The topological polar surface area (TPSA) is 110 Å². The predicted molar refractivity (Wildman–Crippen MR) is 141 cm³/mol. The zero-order chi connectivity index (χ0) is 25.2. The van der Waals surface area contributed by atoms with Crippen molar-refractivity contribution in [1.29, 1.82) is 0 Å². The third kappa shape index (κ3) is 5.23. The minimum Gasteiger partial charge on any atom is -0.427 e. The molecule has 11 heteroatoms. The number of nitrogens with one attached hydrogen (secondary N) is 2. The lowest BCUT2D eigenvalue weighted by atomic mass is 9.79. The Kier molecular flexibility index (Phi) is 7.22. The van der Waals surface area contributed by atoms with E-state index in [4.69, 9.17) is 4.65 Å². The van der Waals surface area contributed by atoms with Gasteiger partial charge in [0.25, 0.3) is 5.56 Å². The monoisotopic (exact) mass is 507 g/mol. The highest BCUT2D eigenvalue weighted by Gasteiger charge is 2.26. The molecule has 2 aromatic heterocycles. The van der Waals surface area contributed by atoms with E-state index in [0.717, 1.165) is 41.6 Å². The van der Waals surface area contributed by atoms with Gasteiger partial charge in [-0.1, -0.05) is 12.1 Å². The number of fused-ring (bicyclic) bond motifs is 1. The fourth-order valence-corrected chi connectivity index (χ4v) is 5.35. The van der Waals surface area contributed by atoms with Crippen LogP contribution in [0.4, 0.5) is 10.5 Å². The fourth-order valence-electron chi connectivity index (χ4n) is 4.84. The number of benzene rings is 1. The van der Waals surface area contributed by atoms with Crippen molar-refractivity contribution in [2.45, 2.75) is 63.0 Å². The molecular weight excluding hydrogens is 477 g/mol. The van der Waals surface area contributed by atoms with Gasteiger partial charge in [-0.3, -0.25) is 14.2 Å². The molecule has 0 bridgehead atoms. The molecule has 1 unspecified atom stereocenters. The van der Waals surface area contributed by atoms with Crippen molar-refractivity contribution in [2.75, 3.05) is 11.9 Å².